The highest BCUT2D eigenvalue weighted by Crippen LogP contribution is 2.16. The van der Waals surface area contributed by atoms with Crippen LogP contribution in [0.25, 0.3) is 0 Å². The van der Waals surface area contributed by atoms with E-state index < -0.39 is 0 Å². The van der Waals surface area contributed by atoms with Gasteiger partial charge in [0.1, 0.15) is 5.03 Å². The molecule has 1 aromatic heterocycles. The zero-order chi connectivity index (χ0) is 17.9. The standard InChI is InChI=1S/C16H25N5O3S/c1-13(22)18-14-4-5-16(20-19-14)25-12-2-3-15(23)17-6-7-21-8-10-24-11-9-21/h4-5H,2-3,6-12H2,1H3,(H,17,23)(H,18,19,22). The third-order valence-corrected chi connectivity index (χ3v) is 4.60. The van der Waals surface area contributed by atoms with Gasteiger partial charge in [-0.2, -0.15) is 0 Å². The fraction of sp³-hybridized carbons (Fsp3) is 0.625. The minimum Gasteiger partial charge on any atom is -0.379 e. The van der Waals surface area contributed by atoms with Gasteiger partial charge in [0.05, 0.1) is 13.2 Å². The Morgan fingerprint density at radius 3 is 2.76 bits per heavy atom. The molecule has 138 valence electrons. The van der Waals surface area contributed by atoms with Gasteiger partial charge < -0.3 is 15.4 Å². The average molecular weight is 367 g/mol. The van der Waals surface area contributed by atoms with Crippen LogP contribution in [0.3, 0.4) is 0 Å². The van der Waals surface area contributed by atoms with E-state index in [4.69, 9.17) is 4.74 Å². The normalized spacial score (nSPS) is 14.9. The van der Waals surface area contributed by atoms with Crippen molar-refractivity contribution in [2.75, 3.05) is 50.5 Å². The molecule has 0 bridgehead atoms. The van der Waals surface area contributed by atoms with E-state index in [0.717, 1.165) is 50.0 Å². The van der Waals surface area contributed by atoms with Crippen molar-refractivity contribution in [1.82, 2.24) is 20.4 Å². The third-order valence-electron chi connectivity index (χ3n) is 3.60. The van der Waals surface area contributed by atoms with E-state index in [1.54, 1.807) is 17.8 Å². The van der Waals surface area contributed by atoms with Gasteiger partial charge >= 0.3 is 0 Å². The summed E-state index contributed by atoms with van der Waals surface area (Å²) in [5, 5.41) is 14.3. The van der Waals surface area contributed by atoms with Crippen LogP contribution in [0, 0.1) is 0 Å². The van der Waals surface area contributed by atoms with Crippen molar-refractivity contribution in [3.8, 4) is 0 Å². The summed E-state index contributed by atoms with van der Waals surface area (Å²) in [6, 6.07) is 3.53. The number of morpholine rings is 1. The third kappa shape index (κ3) is 8.28. The highest BCUT2D eigenvalue weighted by atomic mass is 32.2. The molecule has 0 aromatic carbocycles. The molecule has 2 amide bonds. The van der Waals surface area contributed by atoms with Gasteiger partial charge in [0.15, 0.2) is 5.82 Å². The number of anilines is 1. The van der Waals surface area contributed by atoms with Gasteiger partial charge in [0, 0.05) is 45.3 Å². The Labute approximate surface area is 152 Å². The summed E-state index contributed by atoms with van der Waals surface area (Å²) in [6.45, 7) is 6.42. The number of carbonyl (C=O) groups excluding carboxylic acids is 2. The van der Waals surface area contributed by atoms with Crippen molar-refractivity contribution in [2.24, 2.45) is 0 Å². The number of carbonyl (C=O) groups is 2. The lowest BCUT2D eigenvalue weighted by atomic mass is 10.3. The monoisotopic (exact) mass is 367 g/mol. The molecule has 1 fully saturated rings. The zero-order valence-corrected chi connectivity index (χ0v) is 15.3. The second-order valence-corrected chi connectivity index (χ2v) is 6.81. The Kier molecular flexibility index (Phi) is 8.64. The molecule has 1 aromatic rings. The SMILES string of the molecule is CC(=O)Nc1ccc(SCCCC(=O)NCCN2CCOCC2)nn1. The minimum atomic E-state index is -0.172. The number of ether oxygens (including phenoxy) is 1. The maximum absolute atomic E-state index is 11.8. The van der Waals surface area contributed by atoms with E-state index >= 15 is 0 Å². The molecular formula is C16H25N5O3S. The predicted octanol–water partition coefficient (Wildman–Crippen LogP) is 0.756. The Balaban J connectivity index is 1.52. The number of nitrogens with one attached hydrogen (secondary N) is 2. The lowest BCUT2D eigenvalue weighted by molar-refractivity contribution is -0.121. The van der Waals surface area contributed by atoms with Gasteiger partial charge in [-0.25, -0.2) is 0 Å². The van der Waals surface area contributed by atoms with Gasteiger partial charge in [-0.15, -0.1) is 22.0 Å². The van der Waals surface area contributed by atoms with Crippen LogP contribution in [0.5, 0.6) is 0 Å². The first-order valence-electron chi connectivity index (χ1n) is 8.44. The number of amides is 2. The molecule has 0 unspecified atom stereocenters. The molecule has 0 saturated carbocycles. The Morgan fingerprint density at radius 1 is 1.28 bits per heavy atom. The highest BCUT2D eigenvalue weighted by Gasteiger charge is 2.10. The van der Waals surface area contributed by atoms with Gasteiger partial charge in [-0.1, -0.05) is 0 Å². The topological polar surface area (TPSA) is 96.5 Å². The minimum absolute atomic E-state index is 0.0842. The zero-order valence-electron chi connectivity index (χ0n) is 14.5. The Morgan fingerprint density at radius 2 is 2.08 bits per heavy atom. The molecule has 25 heavy (non-hydrogen) atoms. The molecule has 1 aliphatic rings. The number of hydrogen-bond donors (Lipinski definition) is 2. The number of nitrogens with zero attached hydrogens (tertiary/aromatic N) is 3. The molecular weight excluding hydrogens is 342 g/mol. The van der Waals surface area contributed by atoms with Gasteiger partial charge in [-0.3, -0.25) is 14.5 Å². The summed E-state index contributed by atoms with van der Waals surface area (Å²) < 4.78 is 5.29. The molecule has 2 rings (SSSR count). The summed E-state index contributed by atoms with van der Waals surface area (Å²) in [4.78, 5) is 25.0. The molecule has 1 saturated heterocycles. The first-order valence-corrected chi connectivity index (χ1v) is 9.43. The van der Waals surface area contributed by atoms with E-state index in [9.17, 15) is 9.59 Å². The number of thioether (sulfide) groups is 1. The summed E-state index contributed by atoms with van der Waals surface area (Å²) >= 11 is 1.55. The quantitative estimate of drug-likeness (QED) is 0.491. The first-order chi connectivity index (χ1) is 12.1. The molecule has 2 N–H and O–H groups in total. The van der Waals surface area contributed by atoms with Crippen LogP contribution in [-0.4, -0.2) is 72.1 Å². The van der Waals surface area contributed by atoms with E-state index in [1.165, 1.54) is 6.92 Å². The van der Waals surface area contributed by atoms with E-state index in [0.29, 0.717) is 18.8 Å². The predicted molar refractivity (Wildman–Crippen MR) is 96.6 cm³/mol. The summed E-state index contributed by atoms with van der Waals surface area (Å²) in [5.74, 6) is 1.15. The second-order valence-electron chi connectivity index (χ2n) is 5.69. The number of hydrogen-bond acceptors (Lipinski definition) is 7. The van der Waals surface area contributed by atoms with Crippen molar-refractivity contribution < 1.29 is 14.3 Å². The van der Waals surface area contributed by atoms with Crippen molar-refractivity contribution in [3.63, 3.8) is 0 Å². The van der Waals surface area contributed by atoms with Crippen molar-refractivity contribution >= 4 is 29.4 Å². The Bertz CT molecular complexity index is 549. The lowest BCUT2D eigenvalue weighted by Gasteiger charge is -2.26. The van der Waals surface area contributed by atoms with Crippen LogP contribution in [0.1, 0.15) is 19.8 Å². The summed E-state index contributed by atoms with van der Waals surface area (Å²) in [6.07, 6.45) is 1.29. The first kappa shape index (κ1) is 19.6. The average Bonchev–Trinajstić information content (AvgIpc) is 2.60. The van der Waals surface area contributed by atoms with Crippen molar-refractivity contribution in [1.29, 1.82) is 0 Å². The molecule has 8 nitrogen and oxygen atoms in total. The van der Waals surface area contributed by atoms with E-state index in [2.05, 4.69) is 25.7 Å². The molecule has 9 heteroatoms. The van der Waals surface area contributed by atoms with E-state index in [-0.39, 0.29) is 11.8 Å². The van der Waals surface area contributed by atoms with Gasteiger partial charge in [-0.05, 0) is 18.6 Å². The maximum atomic E-state index is 11.8. The molecule has 0 atom stereocenters. The molecule has 1 aliphatic heterocycles. The van der Waals surface area contributed by atoms with Gasteiger partial charge in [0.25, 0.3) is 0 Å². The second kappa shape index (κ2) is 11.0. The molecule has 0 radical (unpaired) electrons. The maximum Gasteiger partial charge on any atom is 0.222 e. The number of rotatable bonds is 9. The van der Waals surface area contributed by atoms with Crippen LogP contribution in [0.15, 0.2) is 17.2 Å². The van der Waals surface area contributed by atoms with E-state index in [1.807, 2.05) is 6.07 Å². The molecule has 0 aliphatic carbocycles. The van der Waals surface area contributed by atoms with Crippen LogP contribution in [0.4, 0.5) is 5.82 Å². The summed E-state index contributed by atoms with van der Waals surface area (Å²) in [5.41, 5.74) is 0. The molecule has 0 spiro atoms. The smallest absolute Gasteiger partial charge is 0.222 e. The van der Waals surface area contributed by atoms with Gasteiger partial charge in [0.2, 0.25) is 11.8 Å². The van der Waals surface area contributed by atoms with Crippen LogP contribution in [-0.2, 0) is 14.3 Å². The highest BCUT2D eigenvalue weighted by molar-refractivity contribution is 7.99. The van der Waals surface area contributed by atoms with Crippen LogP contribution in [0.2, 0.25) is 0 Å². The lowest BCUT2D eigenvalue weighted by Crippen LogP contribution is -2.41. The number of aromatic nitrogens is 2. The fourth-order valence-corrected chi connectivity index (χ4v) is 3.08. The van der Waals surface area contributed by atoms with Crippen LogP contribution >= 0.6 is 11.8 Å². The summed E-state index contributed by atoms with van der Waals surface area (Å²) in [7, 11) is 0. The van der Waals surface area contributed by atoms with Crippen LogP contribution < -0.4 is 10.6 Å². The fourth-order valence-electron chi connectivity index (χ4n) is 2.32. The largest absolute Gasteiger partial charge is 0.379 e. The van der Waals surface area contributed by atoms with Crippen molar-refractivity contribution in [3.05, 3.63) is 12.1 Å². The Hall–Kier alpha value is -1.71. The van der Waals surface area contributed by atoms with Crippen molar-refractivity contribution in [2.45, 2.75) is 24.8 Å². The molecule has 2 heterocycles.